The molecule has 2 fully saturated rings. The Morgan fingerprint density at radius 2 is 2.00 bits per heavy atom. The first-order valence-electron chi connectivity index (χ1n) is 11.0. The van der Waals surface area contributed by atoms with Gasteiger partial charge in [-0.15, -0.1) is 0 Å². The Hall–Kier alpha value is -1.46. The van der Waals surface area contributed by atoms with Gasteiger partial charge in [-0.3, -0.25) is 14.7 Å². The van der Waals surface area contributed by atoms with Crippen LogP contribution in [0.1, 0.15) is 58.4 Å². The number of rotatable bonds is 6. The number of aromatic nitrogens is 1. The number of carbonyl (C=O) groups excluding carboxylic acids is 1. The Morgan fingerprint density at radius 1 is 1.21 bits per heavy atom. The first-order chi connectivity index (χ1) is 13.4. The zero-order valence-electron chi connectivity index (χ0n) is 18.0. The van der Waals surface area contributed by atoms with E-state index in [0.29, 0.717) is 18.0 Å². The number of nitrogens with one attached hydrogen (secondary N) is 1. The van der Waals surface area contributed by atoms with Crippen LogP contribution in [0.25, 0.3) is 0 Å². The molecule has 1 amide bonds. The molecule has 3 rings (SSSR count). The van der Waals surface area contributed by atoms with Crippen LogP contribution in [0.2, 0.25) is 0 Å². The van der Waals surface area contributed by atoms with Crippen molar-refractivity contribution in [2.75, 3.05) is 32.7 Å². The molecule has 2 aliphatic rings. The topological polar surface area (TPSA) is 48.5 Å². The fourth-order valence-electron chi connectivity index (χ4n) is 4.39. The molecule has 0 aromatic carbocycles. The van der Waals surface area contributed by atoms with Crippen molar-refractivity contribution in [3.63, 3.8) is 0 Å². The summed E-state index contributed by atoms with van der Waals surface area (Å²) in [7, 11) is 0. The molecule has 1 aromatic heterocycles. The summed E-state index contributed by atoms with van der Waals surface area (Å²) in [6.45, 7) is 13.3. The summed E-state index contributed by atoms with van der Waals surface area (Å²) in [4.78, 5) is 22.0. The summed E-state index contributed by atoms with van der Waals surface area (Å²) in [5, 5.41) is 3.12. The van der Waals surface area contributed by atoms with Crippen LogP contribution < -0.4 is 5.32 Å². The Morgan fingerprint density at radius 3 is 2.68 bits per heavy atom. The summed E-state index contributed by atoms with van der Waals surface area (Å²) in [6, 6.07) is 4.57. The number of hydrogen-bond acceptors (Lipinski definition) is 4. The molecule has 0 radical (unpaired) electrons. The number of piperidine rings is 2. The first-order valence-corrected chi connectivity index (χ1v) is 11.0. The summed E-state index contributed by atoms with van der Waals surface area (Å²) >= 11 is 0. The minimum Gasteiger partial charge on any atom is -0.352 e. The van der Waals surface area contributed by atoms with Crippen molar-refractivity contribution >= 4 is 5.91 Å². The van der Waals surface area contributed by atoms with E-state index >= 15 is 0 Å². The van der Waals surface area contributed by atoms with Gasteiger partial charge in [0.1, 0.15) is 0 Å². The van der Waals surface area contributed by atoms with Gasteiger partial charge in [0, 0.05) is 31.5 Å². The van der Waals surface area contributed by atoms with Gasteiger partial charge in [0.25, 0.3) is 0 Å². The molecule has 0 spiro atoms. The standard InChI is InChI=1S/C23H38N4O/c1-23(2,3)10-15-26-13-8-21(9-14-26)27-12-5-7-20(18-27)22(28)25-17-19-6-4-11-24-16-19/h4,6,11,16,20-21H,5,7-10,12-15,17-18H2,1-3H3,(H,25,28). The molecule has 3 heterocycles. The smallest absolute Gasteiger partial charge is 0.224 e. The normalized spacial score (nSPS) is 22.9. The molecule has 0 aliphatic carbocycles. The quantitative estimate of drug-likeness (QED) is 0.815. The van der Waals surface area contributed by atoms with Gasteiger partial charge in [-0.1, -0.05) is 26.8 Å². The van der Waals surface area contributed by atoms with Crippen molar-refractivity contribution in [2.24, 2.45) is 11.3 Å². The molecule has 1 aromatic rings. The van der Waals surface area contributed by atoms with Gasteiger partial charge in [-0.05, 0) is 75.3 Å². The van der Waals surface area contributed by atoms with Crippen LogP contribution in [0, 0.1) is 11.3 Å². The molecule has 1 atom stereocenters. The molecule has 1 N–H and O–H groups in total. The second kappa shape index (κ2) is 9.84. The minimum atomic E-state index is 0.129. The molecule has 1 unspecified atom stereocenters. The van der Waals surface area contributed by atoms with Crippen LogP contribution in [-0.2, 0) is 11.3 Å². The van der Waals surface area contributed by atoms with Crippen molar-refractivity contribution in [3.8, 4) is 0 Å². The molecule has 156 valence electrons. The predicted octanol–water partition coefficient (Wildman–Crippen LogP) is 3.31. The van der Waals surface area contributed by atoms with Crippen LogP contribution >= 0.6 is 0 Å². The zero-order valence-corrected chi connectivity index (χ0v) is 18.0. The van der Waals surface area contributed by atoms with Crippen molar-refractivity contribution in [1.29, 1.82) is 0 Å². The van der Waals surface area contributed by atoms with E-state index in [4.69, 9.17) is 0 Å². The molecule has 2 aliphatic heterocycles. The van der Waals surface area contributed by atoms with E-state index in [-0.39, 0.29) is 11.8 Å². The van der Waals surface area contributed by atoms with Crippen molar-refractivity contribution < 1.29 is 4.79 Å². The summed E-state index contributed by atoms with van der Waals surface area (Å²) < 4.78 is 0. The lowest BCUT2D eigenvalue weighted by molar-refractivity contribution is -0.127. The third kappa shape index (κ3) is 6.56. The number of hydrogen-bond donors (Lipinski definition) is 1. The highest BCUT2D eigenvalue weighted by Gasteiger charge is 2.31. The van der Waals surface area contributed by atoms with Crippen LogP contribution in [0.15, 0.2) is 24.5 Å². The van der Waals surface area contributed by atoms with Crippen LogP contribution in [0.3, 0.4) is 0 Å². The van der Waals surface area contributed by atoms with E-state index in [1.165, 1.54) is 38.9 Å². The highest BCUT2D eigenvalue weighted by atomic mass is 16.1. The Balaban J connectivity index is 1.41. The average Bonchev–Trinajstić information content (AvgIpc) is 2.71. The monoisotopic (exact) mass is 386 g/mol. The van der Waals surface area contributed by atoms with Gasteiger partial charge in [-0.25, -0.2) is 0 Å². The molecule has 5 nitrogen and oxygen atoms in total. The lowest BCUT2D eigenvalue weighted by Gasteiger charge is -2.42. The van der Waals surface area contributed by atoms with E-state index < -0.39 is 0 Å². The molecule has 2 saturated heterocycles. The van der Waals surface area contributed by atoms with E-state index in [0.717, 1.165) is 31.5 Å². The lowest BCUT2D eigenvalue weighted by Crippen LogP contribution is -2.51. The minimum absolute atomic E-state index is 0.129. The van der Waals surface area contributed by atoms with E-state index in [1.54, 1.807) is 6.20 Å². The number of amides is 1. The van der Waals surface area contributed by atoms with Gasteiger partial charge >= 0.3 is 0 Å². The zero-order chi connectivity index (χ0) is 20.0. The molecular weight excluding hydrogens is 348 g/mol. The van der Waals surface area contributed by atoms with E-state index in [9.17, 15) is 4.79 Å². The van der Waals surface area contributed by atoms with Crippen molar-refractivity contribution in [1.82, 2.24) is 20.1 Å². The fraction of sp³-hybridized carbons (Fsp3) is 0.739. The first kappa shape index (κ1) is 21.3. The molecule has 0 saturated carbocycles. The van der Waals surface area contributed by atoms with Crippen molar-refractivity contribution in [3.05, 3.63) is 30.1 Å². The third-order valence-electron chi connectivity index (χ3n) is 6.26. The van der Waals surface area contributed by atoms with Gasteiger partial charge in [0.2, 0.25) is 5.91 Å². The summed E-state index contributed by atoms with van der Waals surface area (Å²) in [6.07, 6.45) is 9.48. The number of nitrogens with zero attached hydrogens (tertiary/aromatic N) is 3. The molecule has 0 bridgehead atoms. The van der Waals surface area contributed by atoms with E-state index in [2.05, 4.69) is 40.9 Å². The molecular formula is C23H38N4O. The van der Waals surface area contributed by atoms with Crippen LogP contribution in [0.5, 0.6) is 0 Å². The van der Waals surface area contributed by atoms with E-state index in [1.807, 2.05) is 18.3 Å². The maximum atomic E-state index is 12.7. The SMILES string of the molecule is CC(C)(C)CCN1CCC(N2CCCC(C(=O)NCc3cccnc3)C2)CC1. The van der Waals surface area contributed by atoms with Crippen molar-refractivity contribution in [2.45, 2.75) is 65.5 Å². The lowest BCUT2D eigenvalue weighted by atomic mass is 9.91. The molecule has 5 heteroatoms. The highest BCUT2D eigenvalue weighted by Crippen LogP contribution is 2.25. The van der Waals surface area contributed by atoms with Gasteiger partial charge in [0.05, 0.1) is 5.92 Å². The van der Waals surface area contributed by atoms with Gasteiger partial charge in [0.15, 0.2) is 0 Å². The number of pyridine rings is 1. The Labute approximate surface area is 170 Å². The van der Waals surface area contributed by atoms with Gasteiger partial charge < -0.3 is 10.2 Å². The largest absolute Gasteiger partial charge is 0.352 e. The summed E-state index contributed by atoms with van der Waals surface area (Å²) in [5.41, 5.74) is 1.48. The highest BCUT2D eigenvalue weighted by molar-refractivity contribution is 5.78. The number of likely N-dealkylation sites (tertiary alicyclic amines) is 2. The predicted molar refractivity (Wildman–Crippen MR) is 114 cm³/mol. The Kier molecular flexibility index (Phi) is 7.47. The third-order valence-corrected chi connectivity index (χ3v) is 6.26. The fourth-order valence-corrected chi connectivity index (χ4v) is 4.39. The average molecular weight is 387 g/mol. The number of carbonyl (C=O) groups is 1. The maximum Gasteiger partial charge on any atom is 0.224 e. The van der Waals surface area contributed by atoms with Crippen LogP contribution in [0.4, 0.5) is 0 Å². The Bertz CT molecular complexity index is 605. The second-order valence-corrected chi connectivity index (χ2v) is 9.80. The summed E-state index contributed by atoms with van der Waals surface area (Å²) in [5.74, 6) is 0.334. The van der Waals surface area contributed by atoms with Gasteiger partial charge in [-0.2, -0.15) is 0 Å². The maximum absolute atomic E-state index is 12.7. The molecule has 28 heavy (non-hydrogen) atoms. The van der Waals surface area contributed by atoms with Crippen LogP contribution in [-0.4, -0.2) is 59.5 Å². The second-order valence-electron chi connectivity index (χ2n) is 9.80.